The van der Waals surface area contributed by atoms with Crippen LogP contribution in [0.1, 0.15) is 28.4 Å². The summed E-state index contributed by atoms with van der Waals surface area (Å²) in [5.41, 5.74) is 6.11. The van der Waals surface area contributed by atoms with E-state index in [1.165, 1.54) is 27.7 Å². The third-order valence-corrected chi connectivity index (χ3v) is 6.23. The van der Waals surface area contributed by atoms with Crippen molar-refractivity contribution in [3.63, 3.8) is 0 Å². The minimum absolute atomic E-state index is 0.124. The lowest BCUT2D eigenvalue weighted by atomic mass is 9.93. The highest BCUT2D eigenvalue weighted by atomic mass is 79.9. The van der Waals surface area contributed by atoms with Gasteiger partial charge in [-0.05, 0) is 60.0 Å². The van der Waals surface area contributed by atoms with Crippen LogP contribution < -0.4 is 14.8 Å². The van der Waals surface area contributed by atoms with Gasteiger partial charge in [0.05, 0.1) is 13.2 Å². The minimum Gasteiger partial charge on any atom is -0.496 e. The number of fused-ring (bicyclic) bond motifs is 3. The first-order chi connectivity index (χ1) is 14.7. The molecule has 2 heterocycles. The maximum Gasteiger partial charge on any atom is 0.125 e. The molecule has 0 saturated heterocycles. The van der Waals surface area contributed by atoms with E-state index in [1.807, 2.05) is 30.3 Å². The van der Waals surface area contributed by atoms with Gasteiger partial charge in [-0.25, -0.2) is 0 Å². The van der Waals surface area contributed by atoms with Gasteiger partial charge in [0.1, 0.15) is 18.1 Å². The fraction of sp³-hybridized carbons (Fsp3) is 0.200. The van der Waals surface area contributed by atoms with Gasteiger partial charge in [-0.3, -0.25) is 0 Å². The van der Waals surface area contributed by atoms with E-state index in [4.69, 9.17) is 9.47 Å². The maximum atomic E-state index is 6.02. The van der Waals surface area contributed by atoms with Crippen LogP contribution in [-0.2, 0) is 13.0 Å². The summed E-state index contributed by atoms with van der Waals surface area (Å²) in [6, 6.07) is 22.9. The Labute approximate surface area is 184 Å². The zero-order chi connectivity index (χ0) is 20.5. The van der Waals surface area contributed by atoms with Crippen molar-refractivity contribution >= 4 is 26.8 Å². The van der Waals surface area contributed by atoms with E-state index in [-0.39, 0.29) is 6.04 Å². The van der Waals surface area contributed by atoms with Crippen LogP contribution in [0.5, 0.6) is 11.5 Å². The molecule has 5 rings (SSSR count). The molecule has 0 aliphatic carbocycles. The summed E-state index contributed by atoms with van der Waals surface area (Å²) >= 11 is 3.46. The Hall–Kier alpha value is -2.76. The Kier molecular flexibility index (Phi) is 5.23. The molecule has 5 heteroatoms. The van der Waals surface area contributed by atoms with Crippen molar-refractivity contribution in [3.05, 3.63) is 93.6 Å². The molecule has 0 unspecified atom stereocenters. The van der Waals surface area contributed by atoms with E-state index in [0.29, 0.717) is 6.61 Å². The highest BCUT2D eigenvalue weighted by Crippen LogP contribution is 2.35. The number of methoxy groups -OCH3 is 1. The topological polar surface area (TPSA) is 46.3 Å². The summed E-state index contributed by atoms with van der Waals surface area (Å²) < 4.78 is 12.7. The number of H-pyrrole nitrogens is 1. The second-order valence-electron chi connectivity index (χ2n) is 7.51. The first-order valence-corrected chi connectivity index (χ1v) is 10.9. The molecule has 0 amide bonds. The molecule has 30 heavy (non-hydrogen) atoms. The summed E-state index contributed by atoms with van der Waals surface area (Å²) in [7, 11) is 1.70. The molecule has 0 radical (unpaired) electrons. The van der Waals surface area contributed by atoms with Gasteiger partial charge >= 0.3 is 0 Å². The molecule has 3 aromatic carbocycles. The van der Waals surface area contributed by atoms with Crippen LogP contribution in [0.15, 0.2) is 71.2 Å². The summed E-state index contributed by atoms with van der Waals surface area (Å²) in [5, 5.41) is 5.00. The number of halogens is 1. The zero-order valence-corrected chi connectivity index (χ0v) is 18.3. The number of rotatable bonds is 5. The van der Waals surface area contributed by atoms with Crippen LogP contribution >= 0.6 is 15.9 Å². The molecule has 1 aliphatic heterocycles. The number of hydrogen-bond acceptors (Lipinski definition) is 3. The third kappa shape index (κ3) is 3.59. The molecular weight excluding hydrogens is 440 g/mol. The predicted octanol–water partition coefficient (Wildman–Crippen LogP) is 5.75. The van der Waals surface area contributed by atoms with Gasteiger partial charge in [0, 0.05) is 33.2 Å². The maximum absolute atomic E-state index is 6.02. The zero-order valence-electron chi connectivity index (χ0n) is 16.7. The van der Waals surface area contributed by atoms with Crippen molar-refractivity contribution in [2.24, 2.45) is 0 Å². The fourth-order valence-corrected chi connectivity index (χ4v) is 4.51. The van der Waals surface area contributed by atoms with Crippen molar-refractivity contribution < 1.29 is 9.47 Å². The molecule has 0 bridgehead atoms. The van der Waals surface area contributed by atoms with E-state index in [9.17, 15) is 0 Å². The van der Waals surface area contributed by atoms with Gasteiger partial charge < -0.3 is 19.8 Å². The number of aromatic amines is 1. The fourth-order valence-electron chi connectivity index (χ4n) is 4.25. The van der Waals surface area contributed by atoms with E-state index < -0.39 is 0 Å². The number of hydrogen-bond donors (Lipinski definition) is 2. The van der Waals surface area contributed by atoms with Crippen LogP contribution in [-0.4, -0.2) is 18.6 Å². The van der Waals surface area contributed by atoms with Gasteiger partial charge in [-0.15, -0.1) is 0 Å². The lowest BCUT2D eigenvalue weighted by Crippen LogP contribution is -2.30. The minimum atomic E-state index is 0.124. The average Bonchev–Trinajstić information content (AvgIpc) is 3.17. The van der Waals surface area contributed by atoms with Crippen molar-refractivity contribution in [1.82, 2.24) is 10.3 Å². The van der Waals surface area contributed by atoms with Gasteiger partial charge in [-0.2, -0.15) is 0 Å². The lowest BCUT2D eigenvalue weighted by molar-refractivity contribution is 0.296. The lowest BCUT2D eigenvalue weighted by Gasteiger charge is -2.25. The van der Waals surface area contributed by atoms with Gasteiger partial charge in [0.2, 0.25) is 0 Å². The van der Waals surface area contributed by atoms with E-state index in [0.717, 1.165) is 34.5 Å². The van der Waals surface area contributed by atoms with Crippen LogP contribution in [0.25, 0.3) is 10.9 Å². The number of ether oxygens (including phenoxy) is 2. The summed E-state index contributed by atoms with van der Waals surface area (Å²) in [6.07, 6.45) is 1.03. The molecule has 0 saturated carbocycles. The molecule has 1 atom stereocenters. The van der Waals surface area contributed by atoms with E-state index >= 15 is 0 Å². The highest BCUT2D eigenvalue weighted by Gasteiger charge is 2.25. The standard InChI is InChI=1S/C25H23BrN2O2/c1-29-23-11-6-16(14-17(23)15-30-19-9-7-18(26)8-10-19)24-25-21(12-13-27-24)20-4-2-3-5-22(20)28-25/h2-11,14,24,27-28H,12-13,15H2,1H3/t24-/m1/s1. The monoisotopic (exact) mass is 462 g/mol. The van der Waals surface area contributed by atoms with Gasteiger partial charge in [-0.1, -0.05) is 40.2 Å². The van der Waals surface area contributed by atoms with Crippen molar-refractivity contribution in [2.45, 2.75) is 19.1 Å². The molecule has 4 nitrogen and oxygen atoms in total. The quantitative estimate of drug-likeness (QED) is 0.396. The predicted molar refractivity (Wildman–Crippen MR) is 123 cm³/mol. The van der Waals surface area contributed by atoms with Crippen molar-refractivity contribution in [3.8, 4) is 11.5 Å². The summed E-state index contributed by atoms with van der Waals surface area (Å²) in [5.74, 6) is 1.67. The molecule has 1 aliphatic rings. The van der Waals surface area contributed by atoms with Crippen LogP contribution in [0.4, 0.5) is 0 Å². The molecule has 4 aromatic rings. The van der Waals surface area contributed by atoms with Crippen LogP contribution in [0.3, 0.4) is 0 Å². The first-order valence-electron chi connectivity index (χ1n) is 10.1. The Bertz CT molecular complexity index is 1180. The van der Waals surface area contributed by atoms with E-state index in [2.05, 4.69) is 62.6 Å². The number of aromatic nitrogens is 1. The highest BCUT2D eigenvalue weighted by molar-refractivity contribution is 9.10. The van der Waals surface area contributed by atoms with Crippen LogP contribution in [0.2, 0.25) is 0 Å². The largest absolute Gasteiger partial charge is 0.496 e. The average molecular weight is 463 g/mol. The number of benzene rings is 3. The molecule has 2 N–H and O–H groups in total. The number of nitrogens with one attached hydrogen (secondary N) is 2. The van der Waals surface area contributed by atoms with Gasteiger partial charge in [0.25, 0.3) is 0 Å². The second-order valence-corrected chi connectivity index (χ2v) is 8.43. The first kappa shape index (κ1) is 19.2. The summed E-state index contributed by atoms with van der Waals surface area (Å²) in [4.78, 5) is 3.65. The summed E-state index contributed by atoms with van der Waals surface area (Å²) in [6.45, 7) is 1.40. The van der Waals surface area contributed by atoms with E-state index in [1.54, 1.807) is 7.11 Å². The Morgan fingerprint density at radius 2 is 1.87 bits per heavy atom. The Morgan fingerprint density at radius 1 is 1.03 bits per heavy atom. The molecule has 1 aromatic heterocycles. The number of para-hydroxylation sites is 1. The van der Waals surface area contributed by atoms with Crippen molar-refractivity contribution in [2.75, 3.05) is 13.7 Å². The SMILES string of the molecule is COc1ccc([C@H]2NCCc3c2[nH]c2ccccc32)cc1COc1ccc(Br)cc1. The van der Waals surface area contributed by atoms with Crippen molar-refractivity contribution in [1.29, 1.82) is 0 Å². The molecule has 0 fully saturated rings. The smallest absolute Gasteiger partial charge is 0.125 e. The second kappa shape index (κ2) is 8.17. The Balaban J connectivity index is 1.47. The normalized spacial score (nSPS) is 15.7. The Morgan fingerprint density at radius 3 is 2.70 bits per heavy atom. The molecular formula is C25H23BrN2O2. The van der Waals surface area contributed by atoms with Gasteiger partial charge in [0.15, 0.2) is 0 Å². The third-order valence-electron chi connectivity index (χ3n) is 5.70. The molecule has 152 valence electrons. The van der Waals surface area contributed by atoms with Crippen LogP contribution in [0, 0.1) is 0 Å². The molecule has 0 spiro atoms.